The van der Waals surface area contributed by atoms with Gasteiger partial charge in [-0.15, -0.1) is 0 Å². The highest BCUT2D eigenvalue weighted by molar-refractivity contribution is 6.04. The first-order chi connectivity index (χ1) is 13.1. The highest BCUT2D eigenvalue weighted by atomic mass is 16.5. The van der Waals surface area contributed by atoms with Crippen molar-refractivity contribution < 1.29 is 19.1 Å². The van der Waals surface area contributed by atoms with Gasteiger partial charge < -0.3 is 14.8 Å². The quantitative estimate of drug-likeness (QED) is 0.788. The van der Waals surface area contributed by atoms with Gasteiger partial charge in [0.2, 0.25) is 0 Å². The Labute approximate surface area is 166 Å². The molecule has 5 nitrogen and oxygen atoms in total. The van der Waals surface area contributed by atoms with Crippen molar-refractivity contribution in [1.29, 1.82) is 0 Å². The molecule has 1 N–H and O–H groups in total. The van der Waals surface area contributed by atoms with Gasteiger partial charge in [-0.3, -0.25) is 4.79 Å². The summed E-state index contributed by atoms with van der Waals surface area (Å²) in [6.45, 7) is 9.97. The fourth-order valence-electron chi connectivity index (χ4n) is 4.21. The largest absolute Gasteiger partial charge is 0.491 e. The van der Waals surface area contributed by atoms with Gasteiger partial charge >= 0.3 is 5.97 Å². The second-order valence-electron chi connectivity index (χ2n) is 8.63. The van der Waals surface area contributed by atoms with Crippen LogP contribution < -0.4 is 10.1 Å². The number of esters is 1. The first kappa shape index (κ1) is 20.2. The molecule has 1 aromatic rings. The summed E-state index contributed by atoms with van der Waals surface area (Å²) in [4.78, 5) is 25.9. The average Bonchev–Trinajstić information content (AvgIpc) is 2.59. The van der Waals surface area contributed by atoms with E-state index in [1.807, 2.05) is 45.0 Å². The van der Waals surface area contributed by atoms with Crippen molar-refractivity contribution in [2.45, 2.75) is 59.5 Å². The number of ether oxygens (including phenoxy) is 2. The maximum atomic E-state index is 13.2. The summed E-state index contributed by atoms with van der Waals surface area (Å²) >= 11 is 0. The van der Waals surface area contributed by atoms with Crippen LogP contribution in [0, 0.1) is 5.41 Å². The zero-order valence-electron chi connectivity index (χ0n) is 17.5. The zero-order valence-corrected chi connectivity index (χ0v) is 17.5. The number of nitrogens with one attached hydrogen (secondary N) is 1. The van der Waals surface area contributed by atoms with Gasteiger partial charge in [-0.1, -0.05) is 32.0 Å². The molecule has 0 amide bonds. The third-order valence-corrected chi connectivity index (χ3v) is 5.24. The number of carbonyl (C=O) groups excluding carboxylic acids is 2. The lowest BCUT2D eigenvalue weighted by Gasteiger charge is -2.39. The number of rotatable bonds is 4. The molecule has 1 aromatic carbocycles. The first-order valence-electron chi connectivity index (χ1n) is 9.72. The molecule has 150 valence electrons. The molecule has 0 aromatic heterocycles. The number of methoxy groups -OCH3 is 1. The summed E-state index contributed by atoms with van der Waals surface area (Å²) in [5, 5.41) is 3.33. The zero-order chi connectivity index (χ0) is 20.6. The third kappa shape index (κ3) is 3.71. The van der Waals surface area contributed by atoms with Crippen LogP contribution in [0.4, 0.5) is 0 Å². The van der Waals surface area contributed by atoms with Crippen molar-refractivity contribution in [2.24, 2.45) is 5.41 Å². The third-order valence-electron chi connectivity index (χ3n) is 5.24. The van der Waals surface area contributed by atoms with Gasteiger partial charge in [0, 0.05) is 29.0 Å². The van der Waals surface area contributed by atoms with Crippen LogP contribution >= 0.6 is 0 Å². The molecule has 0 radical (unpaired) electrons. The minimum atomic E-state index is -0.498. The smallest absolute Gasteiger partial charge is 0.336 e. The lowest BCUT2D eigenvalue weighted by atomic mass is 9.68. The topological polar surface area (TPSA) is 64.6 Å². The highest BCUT2D eigenvalue weighted by Gasteiger charge is 2.43. The van der Waals surface area contributed by atoms with Crippen molar-refractivity contribution in [3.05, 3.63) is 52.4 Å². The molecule has 0 fully saturated rings. The van der Waals surface area contributed by atoms with E-state index in [0.29, 0.717) is 23.3 Å². The van der Waals surface area contributed by atoms with Gasteiger partial charge in [0.25, 0.3) is 0 Å². The summed E-state index contributed by atoms with van der Waals surface area (Å²) in [5.41, 5.74) is 3.44. The lowest BCUT2D eigenvalue weighted by Crippen LogP contribution is -2.38. The number of allylic oxidation sites excluding steroid dienone is 3. The summed E-state index contributed by atoms with van der Waals surface area (Å²) < 4.78 is 11.1. The number of benzene rings is 1. The van der Waals surface area contributed by atoms with Crippen LogP contribution in [0.3, 0.4) is 0 Å². The second kappa shape index (κ2) is 7.46. The van der Waals surface area contributed by atoms with Gasteiger partial charge in [0.15, 0.2) is 5.78 Å². The van der Waals surface area contributed by atoms with E-state index < -0.39 is 11.9 Å². The van der Waals surface area contributed by atoms with E-state index in [0.717, 1.165) is 23.4 Å². The molecule has 28 heavy (non-hydrogen) atoms. The Morgan fingerprint density at radius 1 is 1.21 bits per heavy atom. The molecule has 3 rings (SSSR count). The molecule has 1 atom stereocenters. The molecule has 5 heteroatoms. The Hall–Kier alpha value is -2.56. The van der Waals surface area contributed by atoms with Crippen LogP contribution in [0.1, 0.15) is 58.9 Å². The van der Waals surface area contributed by atoms with Crippen LogP contribution in [0.2, 0.25) is 0 Å². The van der Waals surface area contributed by atoms with E-state index in [4.69, 9.17) is 9.47 Å². The van der Waals surface area contributed by atoms with Crippen molar-refractivity contribution in [3.8, 4) is 5.75 Å². The van der Waals surface area contributed by atoms with E-state index in [1.54, 1.807) is 0 Å². The minimum absolute atomic E-state index is 0.0241. The molecular formula is C23H29NO4. The lowest BCUT2D eigenvalue weighted by molar-refractivity contribution is -0.136. The maximum absolute atomic E-state index is 13.2. The van der Waals surface area contributed by atoms with Crippen LogP contribution in [0.25, 0.3) is 0 Å². The predicted molar refractivity (Wildman–Crippen MR) is 108 cm³/mol. The molecule has 0 unspecified atom stereocenters. The molecule has 0 spiro atoms. The van der Waals surface area contributed by atoms with Gasteiger partial charge in [-0.05, 0) is 38.7 Å². The normalized spacial score (nSPS) is 21.4. The number of dihydropyridines is 1. The molecule has 0 saturated heterocycles. The van der Waals surface area contributed by atoms with Crippen LogP contribution in [-0.2, 0) is 14.3 Å². The van der Waals surface area contributed by atoms with Crippen LogP contribution in [-0.4, -0.2) is 25.0 Å². The summed E-state index contributed by atoms with van der Waals surface area (Å²) in [6, 6.07) is 7.63. The molecule has 1 aliphatic heterocycles. The Kier molecular flexibility index (Phi) is 5.37. The fraction of sp³-hybridized carbons (Fsp3) is 0.478. The summed E-state index contributed by atoms with van der Waals surface area (Å²) in [6.07, 6.45) is 1.18. The second-order valence-corrected chi connectivity index (χ2v) is 8.63. The Morgan fingerprint density at radius 2 is 1.89 bits per heavy atom. The van der Waals surface area contributed by atoms with Gasteiger partial charge in [0.1, 0.15) is 5.75 Å². The highest BCUT2D eigenvalue weighted by Crippen LogP contribution is 2.48. The number of para-hydroxylation sites is 1. The minimum Gasteiger partial charge on any atom is -0.491 e. The monoisotopic (exact) mass is 383 g/mol. The maximum Gasteiger partial charge on any atom is 0.336 e. The fourth-order valence-corrected chi connectivity index (χ4v) is 4.21. The number of Topliss-reactive ketones (excluding diaryl/α,β-unsaturated/α-hetero) is 1. The van der Waals surface area contributed by atoms with Crippen molar-refractivity contribution in [2.75, 3.05) is 7.11 Å². The number of hydrogen-bond donors (Lipinski definition) is 1. The molecule has 1 aliphatic carbocycles. The Morgan fingerprint density at radius 3 is 2.54 bits per heavy atom. The van der Waals surface area contributed by atoms with Gasteiger partial charge in [-0.25, -0.2) is 4.79 Å². The average molecular weight is 383 g/mol. The van der Waals surface area contributed by atoms with Crippen molar-refractivity contribution in [3.63, 3.8) is 0 Å². The number of ketones is 1. The Balaban J connectivity index is 2.23. The van der Waals surface area contributed by atoms with E-state index in [2.05, 4.69) is 19.2 Å². The molecule has 0 bridgehead atoms. The van der Waals surface area contributed by atoms with Crippen LogP contribution in [0.5, 0.6) is 5.75 Å². The van der Waals surface area contributed by atoms with Crippen molar-refractivity contribution >= 4 is 11.8 Å². The molecular weight excluding hydrogens is 354 g/mol. The summed E-state index contributed by atoms with van der Waals surface area (Å²) in [5.74, 6) is -0.180. The molecule has 0 saturated carbocycles. The van der Waals surface area contributed by atoms with E-state index >= 15 is 0 Å². The SMILES string of the molecule is COC(=O)C1=C(C)NC2=C(C(=O)CC(C)(C)C2)[C@@H]1c1ccccc1OC(C)C. The first-order valence-corrected chi connectivity index (χ1v) is 9.72. The number of carbonyl (C=O) groups is 2. The van der Waals surface area contributed by atoms with E-state index in [-0.39, 0.29) is 17.3 Å². The van der Waals surface area contributed by atoms with Gasteiger partial charge in [-0.2, -0.15) is 0 Å². The van der Waals surface area contributed by atoms with Crippen LogP contribution in [0.15, 0.2) is 46.8 Å². The van der Waals surface area contributed by atoms with Crippen molar-refractivity contribution in [1.82, 2.24) is 5.32 Å². The number of hydrogen-bond acceptors (Lipinski definition) is 5. The van der Waals surface area contributed by atoms with Gasteiger partial charge in [0.05, 0.1) is 24.7 Å². The Bertz CT molecular complexity index is 876. The molecule has 2 aliphatic rings. The predicted octanol–water partition coefficient (Wildman–Crippen LogP) is 4.25. The van der Waals surface area contributed by atoms with E-state index in [9.17, 15) is 9.59 Å². The standard InChI is InChI=1S/C23H29NO4/c1-13(2)28-18-10-8-7-9-15(18)20-19(22(26)27-6)14(3)24-16-11-23(4,5)12-17(25)21(16)20/h7-10,13,20,24H,11-12H2,1-6H3/t20-/m1/s1. The van der Waals surface area contributed by atoms with E-state index in [1.165, 1.54) is 7.11 Å². The molecule has 1 heterocycles. The summed E-state index contributed by atoms with van der Waals surface area (Å²) in [7, 11) is 1.37.